The summed E-state index contributed by atoms with van der Waals surface area (Å²) in [5, 5.41) is 9.75. The molecule has 8 heteroatoms. The van der Waals surface area contributed by atoms with Crippen molar-refractivity contribution in [1.82, 2.24) is 0 Å². The van der Waals surface area contributed by atoms with Gasteiger partial charge in [-0.3, -0.25) is 4.79 Å². The number of hydrogen-bond acceptors (Lipinski definition) is 7. The number of esters is 1. The first-order chi connectivity index (χ1) is 24.0. The van der Waals surface area contributed by atoms with E-state index in [1.807, 2.05) is 20.8 Å². The van der Waals surface area contributed by atoms with Gasteiger partial charge in [-0.05, 0) is 120 Å². The fourth-order valence-electron chi connectivity index (χ4n) is 10.0. The lowest BCUT2D eigenvalue weighted by atomic mass is 9.58. The first-order valence-electron chi connectivity index (χ1n) is 19.9. The Morgan fingerprint density at radius 1 is 1.12 bits per heavy atom. The lowest BCUT2D eigenvalue weighted by Gasteiger charge is -2.48. The van der Waals surface area contributed by atoms with Crippen LogP contribution in [-0.4, -0.2) is 57.7 Å². The third-order valence-corrected chi connectivity index (χ3v) is 18.4. The third kappa shape index (κ3) is 10.4. The highest BCUT2D eigenvalue weighted by Gasteiger charge is 2.51. The minimum absolute atomic E-state index is 0.0881. The van der Waals surface area contributed by atoms with E-state index in [4.69, 9.17) is 23.4 Å². The number of carbonyl (C=O) groups excluding carboxylic acids is 1. The fraction of sp³-hybridized carbons (Fsp3) is 0.814. The normalized spacial score (nSPS) is 29.0. The molecule has 0 unspecified atom stereocenters. The Balaban J connectivity index is 1.73. The molecular formula is C43H71NO6Si. The van der Waals surface area contributed by atoms with Gasteiger partial charge in [0, 0.05) is 25.4 Å². The van der Waals surface area contributed by atoms with Gasteiger partial charge < -0.3 is 23.4 Å². The van der Waals surface area contributed by atoms with E-state index in [-0.39, 0.29) is 36.3 Å². The van der Waals surface area contributed by atoms with Crippen LogP contribution < -0.4 is 0 Å². The van der Waals surface area contributed by atoms with Crippen LogP contribution in [0.3, 0.4) is 0 Å². The maximum absolute atomic E-state index is 12.6. The van der Waals surface area contributed by atoms with Gasteiger partial charge in [0.25, 0.3) is 0 Å². The number of hydrogen-bond donors (Lipinski definition) is 0. The van der Waals surface area contributed by atoms with Gasteiger partial charge in [0.05, 0.1) is 30.8 Å². The van der Waals surface area contributed by atoms with Gasteiger partial charge in [-0.15, -0.1) is 5.92 Å². The van der Waals surface area contributed by atoms with Gasteiger partial charge in [-0.25, -0.2) is 0 Å². The molecule has 2 aliphatic heterocycles. The maximum Gasteiger partial charge on any atom is 0.302 e. The average molecular weight is 726 g/mol. The molecule has 2 saturated heterocycles. The molecule has 0 N–H and O–H groups in total. The van der Waals surface area contributed by atoms with Gasteiger partial charge in [0.15, 0.2) is 14.1 Å². The quantitative estimate of drug-likeness (QED) is 0.0485. The van der Waals surface area contributed by atoms with Crippen LogP contribution in [0.15, 0.2) is 22.8 Å². The molecule has 0 bridgehead atoms. The summed E-state index contributed by atoms with van der Waals surface area (Å²) in [5.41, 5.74) is 4.94. The summed E-state index contributed by atoms with van der Waals surface area (Å²) in [7, 11) is -1.86. The highest BCUT2D eigenvalue weighted by Crippen LogP contribution is 2.53. The Hall–Kier alpha value is -1.94. The second-order valence-corrected chi connectivity index (χ2v) is 22.5. The van der Waals surface area contributed by atoms with E-state index in [9.17, 15) is 10.1 Å². The molecular weight excluding hydrogens is 655 g/mol. The zero-order valence-electron chi connectivity index (χ0n) is 34.4. The zero-order valence-corrected chi connectivity index (χ0v) is 35.4. The molecule has 0 aromatic rings. The molecule has 7 atom stereocenters. The van der Waals surface area contributed by atoms with Crippen LogP contribution in [0.4, 0.5) is 0 Å². The molecule has 3 rings (SSSR count). The molecule has 3 aliphatic rings. The van der Waals surface area contributed by atoms with Crippen molar-refractivity contribution >= 4 is 14.3 Å². The Morgan fingerprint density at radius 2 is 1.78 bits per heavy atom. The van der Waals surface area contributed by atoms with Crippen LogP contribution in [0, 0.1) is 40.4 Å². The summed E-state index contributed by atoms with van der Waals surface area (Å²) in [5.74, 6) is 6.06. The molecule has 0 aromatic heterocycles. The number of ether oxygens (including phenoxy) is 4. The first kappa shape index (κ1) is 43.5. The molecule has 51 heavy (non-hydrogen) atoms. The Labute approximate surface area is 312 Å². The van der Waals surface area contributed by atoms with Crippen LogP contribution in [0.2, 0.25) is 16.6 Å². The van der Waals surface area contributed by atoms with E-state index >= 15 is 0 Å². The summed E-state index contributed by atoms with van der Waals surface area (Å²) in [6, 6.07) is 2.38. The lowest BCUT2D eigenvalue weighted by Crippen LogP contribution is -2.48. The molecule has 2 heterocycles. The summed E-state index contributed by atoms with van der Waals surface area (Å²) in [6.45, 7) is 29.3. The van der Waals surface area contributed by atoms with Crippen molar-refractivity contribution in [1.29, 1.82) is 5.26 Å². The summed E-state index contributed by atoms with van der Waals surface area (Å²) >= 11 is 0. The van der Waals surface area contributed by atoms with Crippen LogP contribution in [0.1, 0.15) is 148 Å². The highest BCUT2D eigenvalue weighted by atomic mass is 28.4. The van der Waals surface area contributed by atoms with Crippen LogP contribution in [0.25, 0.3) is 0 Å². The molecule has 2 fully saturated rings. The minimum atomic E-state index is -1.86. The topological polar surface area (TPSA) is 87.0 Å². The van der Waals surface area contributed by atoms with Crippen molar-refractivity contribution in [2.24, 2.45) is 17.3 Å². The van der Waals surface area contributed by atoms with Crippen LogP contribution >= 0.6 is 0 Å². The summed E-state index contributed by atoms with van der Waals surface area (Å²) in [4.78, 5) is 12.6. The van der Waals surface area contributed by atoms with E-state index in [1.54, 1.807) is 0 Å². The number of nitrogens with zero attached hydrogens (tertiary/aromatic N) is 1. The van der Waals surface area contributed by atoms with Crippen molar-refractivity contribution in [3.63, 3.8) is 0 Å². The minimum Gasteiger partial charge on any atom is -0.462 e. The van der Waals surface area contributed by atoms with Gasteiger partial charge in [-0.1, -0.05) is 66.0 Å². The van der Waals surface area contributed by atoms with Crippen molar-refractivity contribution in [2.75, 3.05) is 13.2 Å². The van der Waals surface area contributed by atoms with Gasteiger partial charge >= 0.3 is 5.97 Å². The maximum atomic E-state index is 12.6. The number of rotatable bonds is 17. The van der Waals surface area contributed by atoms with Crippen molar-refractivity contribution in [3.05, 3.63) is 22.8 Å². The molecule has 1 aliphatic carbocycles. The van der Waals surface area contributed by atoms with Gasteiger partial charge in [0.2, 0.25) is 0 Å². The van der Waals surface area contributed by atoms with E-state index < -0.39 is 19.5 Å². The molecule has 0 radical (unpaired) electrons. The SMILES string of the molecule is CC#C[C@H]1C(C)=C([C@@H]2COC(C)(C)O2)CC[C@]1(CCC#N)[C@H](CC/C=C(\C)[C@@H]1O[C@H](CCCO[Si](C(C)C)(C(C)C)C(C)C)C[C@H]1C)OC(C)=O. The van der Waals surface area contributed by atoms with Crippen LogP contribution in [-0.2, 0) is 28.2 Å². The third-order valence-electron chi connectivity index (χ3n) is 12.3. The second-order valence-electron chi connectivity index (χ2n) is 17.1. The smallest absolute Gasteiger partial charge is 0.302 e. The van der Waals surface area contributed by atoms with E-state index in [0.717, 1.165) is 45.1 Å². The molecule has 0 amide bonds. The Morgan fingerprint density at radius 3 is 2.33 bits per heavy atom. The summed E-state index contributed by atoms with van der Waals surface area (Å²) in [6.07, 6.45) is 9.21. The second kappa shape index (κ2) is 18.9. The fourth-order valence-corrected chi connectivity index (χ4v) is 15.5. The highest BCUT2D eigenvalue weighted by molar-refractivity contribution is 6.77. The van der Waals surface area contributed by atoms with E-state index in [1.165, 1.54) is 23.6 Å². The predicted molar refractivity (Wildman–Crippen MR) is 208 cm³/mol. The van der Waals surface area contributed by atoms with Crippen molar-refractivity contribution in [3.8, 4) is 17.9 Å². The van der Waals surface area contributed by atoms with E-state index in [2.05, 4.69) is 86.3 Å². The molecule has 0 saturated carbocycles. The predicted octanol–water partition coefficient (Wildman–Crippen LogP) is 10.6. The van der Waals surface area contributed by atoms with Gasteiger partial charge in [-0.2, -0.15) is 5.26 Å². The largest absolute Gasteiger partial charge is 0.462 e. The Kier molecular flexibility index (Phi) is 16.1. The van der Waals surface area contributed by atoms with Crippen LogP contribution in [0.5, 0.6) is 0 Å². The standard InChI is InChI=1S/C43H71NO6Si/c1-14-18-38-34(10)37(39-28-46-42(12,13)50-39)22-24-43(38,23-17-25-44)40(48-35(11)45)21-15-19-32(8)41-33(9)27-36(49-41)20-16-26-47-51(29(2)3,30(4)5)31(6)7/h19,29-31,33,36,38-41H,15-17,20-24,26-28H2,1-13H3/b32-19+/t33-,36-,38+,39+,40+,41+,43+/m1/s1. The molecule has 0 aromatic carbocycles. The Bertz CT molecular complexity index is 1310. The lowest BCUT2D eigenvalue weighted by molar-refractivity contribution is -0.158. The number of carbonyl (C=O) groups is 1. The van der Waals surface area contributed by atoms with Gasteiger partial charge in [0.1, 0.15) is 12.2 Å². The van der Waals surface area contributed by atoms with Crippen molar-refractivity contribution < 1.29 is 28.2 Å². The number of allylic oxidation sites excluding steroid dienone is 2. The van der Waals surface area contributed by atoms with Crippen molar-refractivity contribution in [2.45, 2.75) is 195 Å². The number of nitriles is 1. The molecule has 0 spiro atoms. The zero-order chi connectivity index (χ0) is 38.1. The van der Waals surface area contributed by atoms with E-state index in [0.29, 0.717) is 48.4 Å². The average Bonchev–Trinajstić information content (AvgIpc) is 3.60. The molecule has 288 valence electrons. The monoisotopic (exact) mass is 726 g/mol. The first-order valence-corrected chi connectivity index (χ1v) is 22.0. The summed E-state index contributed by atoms with van der Waals surface area (Å²) < 4.78 is 31.9. The molecule has 7 nitrogen and oxygen atoms in total.